The zero-order valence-corrected chi connectivity index (χ0v) is 23.8. The molecule has 42 heavy (non-hydrogen) atoms. The lowest BCUT2D eigenvalue weighted by atomic mass is 9.97. The van der Waals surface area contributed by atoms with Gasteiger partial charge < -0.3 is 4.90 Å². The first-order valence-corrected chi connectivity index (χ1v) is 15.1. The number of rotatable bonds is 5. The Bertz CT molecular complexity index is 2180. The van der Waals surface area contributed by atoms with Gasteiger partial charge in [-0.2, -0.15) is 0 Å². The van der Waals surface area contributed by atoms with Gasteiger partial charge in [0.25, 0.3) is 0 Å². The van der Waals surface area contributed by atoms with Crippen LogP contribution in [0.25, 0.3) is 53.2 Å². The van der Waals surface area contributed by atoms with E-state index in [1.54, 1.807) is 0 Å². The zero-order valence-electron chi connectivity index (χ0n) is 22.9. The highest BCUT2D eigenvalue weighted by Gasteiger charge is 2.21. The SMILES string of the molecule is c1ccc(-c2ccc(N(c3cc4ccccc4cc3-c3ccccc3)c3cccc4c3sc3ccccc34)cc2)cc1. The van der Waals surface area contributed by atoms with E-state index in [2.05, 4.69) is 169 Å². The van der Waals surface area contributed by atoms with E-state index >= 15 is 0 Å². The number of hydrogen-bond acceptors (Lipinski definition) is 2. The molecular weight excluding hydrogens is 527 g/mol. The fourth-order valence-corrected chi connectivity index (χ4v) is 7.22. The third-order valence-electron chi connectivity index (χ3n) is 8.05. The smallest absolute Gasteiger partial charge is 0.0640 e. The lowest BCUT2D eigenvalue weighted by Crippen LogP contribution is -2.11. The highest BCUT2D eigenvalue weighted by atomic mass is 32.1. The van der Waals surface area contributed by atoms with E-state index in [9.17, 15) is 0 Å². The number of benzene rings is 7. The van der Waals surface area contributed by atoms with Crippen LogP contribution in [-0.2, 0) is 0 Å². The molecule has 0 saturated carbocycles. The summed E-state index contributed by atoms with van der Waals surface area (Å²) >= 11 is 1.87. The summed E-state index contributed by atoms with van der Waals surface area (Å²) in [7, 11) is 0. The summed E-state index contributed by atoms with van der Waals surface area (Å²) in [4.78, 5) is 2.46. The van der Waals surface area contributed by atoms with Crippen LogP contribution >= 0.6 is 11.3 Å². The molecule has 198 valence electrons. The first kappa shape index (κ1) is 24.6. The maximum Gasteiger partial charge on any atom is 0.0640 e. The Morgan fingerprint density at radius 1 is 0.405 bits per heavy atom. The van der Waals surface area contributed by atoms with E-state index in [4.69, 9.17) is 0 Å². The van der Waals surface area contributed by atoms with Gasteiger partial charge in [-0.3, -0.25) is 0 Å². The van der Waals surface area contributed by atoms with Crippen molar-refractivity contribution in [3.8, 4) is 22.3 Å². The molecule has 7 aromatic carbocycles. The first-order chi connectivity index (χ1) is 20.8. The molecule has 0 N–H and O–H groups in total. The standard InChI is InChI=1S/C40H27NS/c1-3-12-28(13-4-1)29-22-24-33(25-23-29)41(37-20-11-19-35-34-18-9-10-21-39(34)42-40(35)37)38-27-32-17-8-7-16-31(32)26-36(38)30-14-5-2-6-15-30/h1-27H. The second-order valence-corrected chi connectivity index (χ2v) is 11.6. The summed E-state index contributed by atoms with van der Waals surface area (Å²) in [5, 5.41) is 5.06. The first-order valence-electron chi connectivity index (χ1n) is 14.3. The minimum Gasteiger partial charge on any atom is -0.308 e. The Kier molecular flexibility index (Phi) is 6.05. The summed E-state index contributed by atoms with van der Waals surface area (Å²) in [6.07, 6.45) is 0. The minimum atomic E-state index is 1.13. The van der Waals surface area contributed by atoms with Gasteiger partial charge in [0.05, 0.1) is 16.1 Å². The van der Waals surface area contributed by atoms with E-state index in [1.165, 1.54) is 58.9 Å². The fourth-order valence-electron chi connectivity index (χ4n) is 6.01. The van der Waals surface area contributed by atoms with Crippen molar-refractivity contribution in [2.45, 2.75) is 0 Å². The predicted octanol–water partition coefficient (Wildman–Crippen LogP) is 12.0. The van der Waals surface area contributed by atoms with Crippen molar-refractivity contribution in [2.24, 2.45) is 0 Å². The molecule has 0 aliphatic rings. The van der Waals surface area contributed by atoms with Crippen LogP contribution in [0.15, 0.2) is 164 Å². The van der Waals surface area contributed by atoms with Gasteiger partial charge in [-0.05, 0) is 63.9 Å². The van der Waals surface area contributed by atoms with Gasteiger partial charge in [0, 0.05) is 26.7 Å². The Morgan fingerprint density at radius 3 is 1.76 bits per heavy atom. The minimum absolute atomic E-state index is 1.13. The molecule has 0 spiro atoms. The molecule has 0 atom stereocenters. The Hall–Kier alpha value is -5.18. The largest absolute Gasteiger partial charge is 0.308 e. The topological polar surface area (TPSA) is 3.24 Å². The maximum absolute atomic E-state index is 2.46. The van der Waals surface area contributed by atoms with Crippen LogP contribution in [0.1, 0.15) is 0 Å². The van der Waals surface area contributed by atoms with Crippen molar-refractivity contribution in [1.29, 1.82) is 0 Å². The zero-order chi connectivity index (χ0) is 27.9. The number of thiophene rings is 1. The maximum atomic E-state index is 2.46. The molecule has 0 fully saturated rings. The third-order valence-corrected chi connectivity index (χ3v) is 9.26. The van der Waals surface area contributed by atoms with Crippen LogP contribution in [0.4, 0.5) is 17.1 Å². The quantitative estimate of drug-likeness (QED) is 0.205. The molecule has 0 radical (unpaired) electrons. The van der Waals surface area contributed by atoms with Gasteiger partial charge in [0.1, 0.15) is 0 Å². The highest BCUT2D eigenvalue weighted by Crippen LogP contribution is 2.48. The Balaban J connectivity index is 1.42. The van der Waals surface area contributed by atoms with Crippen molar-refractivity contribution in [3.05, 3.63) is 164 Å². The summed E-state index contributed by atoms with van der Waals surface area (Å²) in [5.41, 5.74) is 8.32. The van der Waals surface area contributed by atoms with Crippen molar-refractivity contribution >= 4 is 59.3 Å². The summed E-state index contributed by atoms with van der Waals surface area (Å²) in [6, 6.07) is 59.2. The summed E-state index contributed by atoms with van der Waals surface area (Å²) < 4.78 is 2.60. The van der Waals surface area contributed by atoms with Crippen LogP contribution in [-0.4, -0.2) is 0 Å². The van der Waals surface area contributed by atoms with Crippen LogP contribution in [0.2, 0.25) is 0 Å². The van der Waals surface area contributed by atoms with Crippen molar-refractivity contribution in [3.63, 3.8) is 0 Å². The van der Waals surface area contributed by atoms with Gasteiger partial charge >= 0.3 is 0 Å². The molecule has 0 aliphatic carbocycles. The molecule has 0 unspecified atom stereocenters. The molecule has 1 aromatic heterocycles. The molecule has 0 saturated heterocycles. The van der Waals surface area contributed by atoms with Gasteiger partial charge in [-0.25, -0.2) is 0 Å². The summed E-state index contributed by atoms with van der Waals surface area (Å²) in [5.74, 6) is 0. The molecule has 0 bridgehead atoms. The normalized spacial score (nSPS) is 11.3. The lowest BCUT2D eigenvalue weighted by Gasteiger charge is -2.29. The van der Waals surface area contributed by atoms with Gasteiger partial charge in [0.15, 0.2) is 0 Å². The molecule has 8 aromatic rings. The second kappa shape index (κ2) is 10.3. The molecule has 1 heterocycles. The van der Waals surface area contributed by atoms with Gasteiger partial charge in [-0.1, -0.05) is 127 Å². The Morgan fingerprint density at radius 2 is 1.00 bits per heavy atom. The predicted molar refractivity (Wildman–Crippen MR) is 182 cm³/mol. The monoisotopic (exact) mass is 553 g/mol. The van der Waals surface area contributed by atoms with E-state index in [-0.39, 0.29) is 0 Å². The van der Waals surface area contributed by atoms with Gasteiger partial charge in [0.2, 0.25) is 0 Å². The van der Waals surface area contributed by atoms with Crippen LogP contribution in [0, 0.1) is 0 Å². The number of nitrogens with zero attached hydrogens (tertiary/aromatic N) is 1. The molecule has 0 amide bonds. The van der Waals surface area contributed by atoms with Gasteiger partial charge in [-0.15, -0.1) is 11.3 Å². The van der Waals surface area contributed by atoms with Crippen LogP contribution in [0.3, 0.4) is 0 Å². The average molecular weight is 554 g/mol. The number of fused-ring (bicyclic) bond motifs is 4. The highest BCUT2D eigenvalue weighted by molar-refractivity contribution is 7.26. The van der Waals surface area contributed by atoms with Crippen molar-refractivity contribution < 1.29 is 0 Å². The molecule has 8 rings (SSSR count). The van der Waals surface area contributed by atoms with Crippen LogP contribution in [0.5, 0.6) is 0 Å². The lowest BCUT2D eigenvalue weighted by molar-refractivity contribution is 1.31. The number of hydrogen-bond donors (Lipinski definition) is 0. The molecule has 1 nitrogen and oxygen atoms in total. The third kappa shape index (κ3) is 4.25. The second-order valence-electron chi connectivity index (χ2n) is 10.6. The van der Waals surface area contributed by atoms with Crippen LogP contribution < -0.4 is 4.90 Å². The molecule has 2 heteroatoms. The van der Waals surface area contributed by atoms with E-state index in [1.807, 2.05) is 11.3 Å². The summed E-state index contributed by atoms with van der Waals surface area (Å²) in [6.45, 7) is 0. The Labute approximate surface area is 249 Å². The molecular formula is C40H27NS. The van der Waals surface area contributed by atoms with E-state index in [0.29, 0.717) is 0 Å². The molecule has 0 aliphatic heterocycles. The number of anilines is 3. The van der Waals surface area contributed by atoms with E-state index in [0.717, 1.165) is 11.4 Å². The van der Waals surface area contributed by atoms with Crippen molar-refractivity contribution in [1.82, 2.24) is 0 Å². The van der Waals surface area contributed by atoms with Crippen molar-refractivity contribution in [2.75, 3.05) is 4.90 Å². The van der Waals surface area contributed by atoms with E-state index < -0.39 is 0 Å². The average Bonchev–Trinajstić information content (AvgIpc) is 3.45. The fraction of sp³-hybridized carbons (Fsp3) is 0.